The summed E-state index contributed by atoms with van der Waals surface area (Å²) in [5, 5.41) is 11.8. The molecular formula is C13H11Cl3N2O5. The number of nitrogens with zero attached hydrogens (tertiary/aromatic N) is 1. The summed E-state index contributed by atoms with van der Waals surface area (Å²) in [4.78, 5) is 26.6. The second kappa shape index (κ2) is 7.25. The molecule has 1 aromatic rings. The van der Waals surface area contributed by atoms with Gasteiger partial charge >= 0.3 is 12.1 Å². The van der Waals surface area contributed by atoms with Gasteiger partial charge in [0.2, 0.25) is 5.90 Å². The SMILES string of the molecule is COC(=O)C1COC(C(NC(=O)O)c2cc(Cl)c(Cl)cc2Cl)=N1. The van der Waals surface area contributed by atoms with Crippen molar-refractivity contribution in [3.05, 3.63) is 32.8 Å². The highest BCUT2D eigenvalue weighted by molar-refractivity contribution is 6.43. The third-order valence-electron chi connectivity index (χ3n) is 3.01. The average molecular weight is 382 g/mol. The predicted octanol–water partition coefficient (Wildman–Crippen LogP) is 2.93. The van der Waals surface area contributed by atoms with E-state index in [-0.39, 0.29) is 27.6 Å². The molecule has 10 heteroatoms. The summed E-state index contributed by atoms with van der Waals surface area (Å²) in [5.74, 6) is -0.600. The predicted molar refractivity (Wildman–Crippen MR) is 84.6 cm³/mol. The Balaban J connectivity index is 2.41. The maximum atomic E-state index is 11.5. The number of amides is 1. The molecule has 0 spiro atoms. The first-order valence-corrected chi connectivity index (χ1v) is 7.39. The fourth-order valence-corrected chi connectivity index (χ4v) is 2.63. The van der Waals surface area contributed by atoms with E-state index in [0.29, 0.717) is 5.56 Å². The maximum Gasteiger partial charge on any atom is 0.405 e. The van der Waals surface area contributed by atoms with Crippen LogP contribution in [0.1, 0.15) is 11.6 Å². The lowest BCUT2D eigenvalue weighted by Crippen LogP contribution is -2.33. The van der Waals surface area contributed by atoms with Gasteiger partial charge in [-0.3, -0.25) is 0 Å². The van der Waals surface area contributed by atoms with E-state index in [0.717, 1.165) is 0 Å². The number of halogens is 3. The average Bonchev–Trinajstić information content (AvgIpc) is 2.97. The Bertz CT molecular complexity index is 680. The van der Waals surface area contributed by atoms with Crippen LogP contribution in [0.25, 0.3) is 0 Å². The molecule has 1 aromatic carbocycles. The van der Waals surface area contributed by atoms with Gasteiger partial charge in [0.25, 0.3) is 0 Å². The topological polar surface area (TPSA) is 97.2 Å². The molecule has 1 amide bonds. The summed E-state index contributed by atoms with van der Waals surface area (Å²) in [6.07, 6.45) is -1.33. The zero-order valence-corrected chi connectivity index (χ0v) is 13.9. The first kappa shape index (κ1) is 17.7. The summed E-state index contributed by atoms with van der Waals surface area (Å²) in [6.45, 7) is -0.0568. The van der Waals surface area contributed by atoms with Gasteiger partial charge in [-0.25, -0.2) is 14.6 Å². The van der Waals surface area contributed by atoms with Gasteiger partial charge in [-0.1, -0.05) is 34.8 Å². The van der Waals surface area contributed by atoms with Crippen molar-refractivity contribution >= 4 is 52.8 Å². The lowest BCUT2D eigenvalue weighted by Gasteiger charge is -2.18. The standard InChI is InChI=1S/C13H11Cl3N2O5/c1-22-12(19)9-4-23-11(17-9)10(18-13(20)21)5-2-7(15)8(16)3-6(5)14/h2-3,9-10,18H,4H2,1H3,(H,20,21). The fourth-order valence-electron chi connectivity index (χ4n) is 1.96. The van der Waals surface area contributed by atoms with E-state index >= 15 is 0 Å². The quantitative estimate of drug-likeness (QED) is 0.617. The minimum Gasteiger partial charge on any atom is -0.476 e. The first-order chi connectivity index (χ1) is 10.8. The molecule has 0 saturated heterocycles. The Morgan fingerprint density at radius 1 is 1.35 bits per heavy atom. The van der Waals surface area contributed by atoms with Crippen LogP contribution in [0, 0.1) is 0 Å². The number of rotatable bonds is 4. The summed E-state index contributed by atoms with van der Waals surface area (Å²) in [7, 11) is 1.22. The fraction of sp³-hybridized carbons (Fsp3) is 0.308. The number of esters is 1. The molecular weight excluding hydrogens is 371 g/mol. The van der Waals surface area contributed by atoms with Crippen molar-refractivity contribution in [2.45, 2.75) is 12.1 Å². The van der Waals surface area contributed by atoms with Crippen LogP contribution in [-0.4, -0.2) is 42.8 Å². The molecule has 1 heterocycles. The number of carboxylic acid groups (broad SMARTS) is 1. The molecule has 1 aliphatic rings. The summed E-state index contributed by atoms with van der Waals surface area (Å²) in [5.41, 5.74) is 0.299. The van der Waals surface area contributed by atoms with Crippen molar-refractivity contribution in [1.29, 1.82) is 0 Å². The van der Waals surface area contributed by atoms with E-state index in [4.69, 9.17) is 44.6 Å². The number of carbonyl (C=O) groups excluding carboxylic acids is 1. The monoisotopic (exact) mass is 380 g/mol. The van der Waals surface area contributed by atoms with Gasteiger partial charge in [0.15, 0.2) is 6.04 Å². The number of hydrogen-bond acceptors (Lipinski definition) is 5. The van der Waals surface area contributed by atoms with Crippen LogP contribution in [0.2, 0.25) is 15.1 Å². The van der Waals surface area contributed by atoms with E-state index in [1.807, 2.05) is 0 Å². The molecule has 2 atom stereocenters. The Kier molecular flexibility index (Phi) is 5.56. The van der Waals surface area contributed by atoms with Crippen LogP contribution >= 0.6 is 34.8 Å². The van der Waals surface area contributed by atoms with Gasteiger partial charge in [0, 0.05) is 10.6 Å². The van der Waals surface area contributed by atoms with Crippen LogP contribution in [0.15, 0.2) is 17.1 Å². The molecule has 124 valence electrons. The third-order valence-corrected chi connectivity index (χ3v) is 4.06. The van der Waals surface area contributed by atoms with E-state index in [1.165, 1.54) is 19.2 Å². The molecule has 0 radical (unpaired) electrons. The smallest absolute Gasteiger partial charge is 0.405 e. The van der Waals surface area contributed by atoms with Crippen LogP contribution < -0.4 is 5.32 Å². The number of hydrogen-bond donors (Lipinski definition) is 2. The van der Waals surface area contributed by atoms with Crippen molar-refractivity contribution in [3.63, 3.8) is 0 Å². The number of ether oxygens (including phenoxy) is 2. The second-order valence-electron chi connectivity index (χ2n) is 4.49. The number of benzene rings is 1. The van der Waals surface area contributed by atoms with E-state index in [2.05, 4.69) is 15.0 Å². The first-order valence-electron chi connectivity index (χ1n) is 6.25. The van der Waals surface area contributed by atoms with E-state index in [9.17, 15) is 9.59 Å². The lowest BCUT2D eigenvalue weighted by atomic mass is 10.1. The molecule has 7 nitrogen and oxygen atoms in total. The molecule has 2 rings (SSSR count). The summed E-state index contributed by atoms with van der Waals surface area (Å²) >= 11 is 17.9. The van der Waals surface area contributed by atoms with Gasteiger partial charge in [0.05, 0.1) is 17.2 Å². The van der Waals surface area contributed by atoms with Crippen molar-refractivity contribution in [3.8, 4) is 0 Å². The van der Waals surface area contributed by atoms with Crippen molar-refractivity contribution < 1.29 is 24.2 Å². The molecule has 0 aromatic heterocycles. The Morgan fingerprint density at radius 3 is 2.61 bits per heavy atom. The molecule has 0 aliphatic carbocycles. The molecule has 0 saturated carbocycles. The van der Waals surface area contributed by atoms with Gasteiger partial charge in [-0.05, 0) is 12.1 Å². The highest BCUT2D eigenvalue weighted by atomic mass is 35.5. The summed E-state index contributed by atoms with van der Waals surface area (Å²) < 4.78 is 9.90. The third kappa shape index (κ3) is 3.99. The summed E-state index contributed by atoms with van der Waals surface area (Å²) in [6, 6.07) is 0.883. The minimum atomic E-state index is -1.33. The van der Waals surface area contributed by atoms with Crippen LogP contribution in [0.5, 0.6) is 0 Å². The minimum absolute atomic E-state index is 0.0110. The van der Waals surface area contributed by atoms with Gasteiger partial charge in [0.1, 0.15) is 12.6 Å². The zero-order chi connectivity index (χ0) is 17.1. The van der Waals surface area contributed by atoms with Gasteiger partial charge in [-0.2, -0.15) is 0 Å². The number of methoxy groups -OCH3 is 1. The zero-order valence-electron chi connectivity index (χ0n) is 11.7. The molecule has 1 aliphatic heterocycles. The Hall–Kier alpha value is -1.70. The van der Waals surface area contributed by atoms with Gasteiger partial charge < -0.3 is 19.9 Å². The highest BCUT2D eigenvalue weighted by Crippen LogP contribution is 2.34. The van der Waals surface area contributed by atoms with Crippen molar-refractivity contribution in [2.24, 2.45) is 4.99 Å². The lowest BCUT2D eigenvalue weighted by molar-refractivity contribution is -0.142. The molecule has 0 fully saturated rings. The van der Waals surface area contributed by atoms with Gasteiger partial charge in [-0.15, -0.1) is 0 Å². The molecule has 23 heavy (non-hydrogen) atoms. The molecule has 2 N–H and O–H groups in total. The maximum absolute atomic E-state index is 11.5. The Labute approximate surface area is 146 Å². The van der Waals surface area contributed by atoms with E-state index < -0.39 is 24.1 Å². The normalized spacial score (nSPS) is 17.9. The highest BCUT2D eigenvalue weighted by Gasteiger charge is 2.33. The van der Waals surface area contributed by atoms with Crippen LogP contribution in [0.4, 0.5) is 4.79 Å². The van der Waals surface area contributed by atoms with Crippen LogP contribution in [0.3, 0.4) is 0 Å². The van der Waals surface area contributed by atoms with Crippen LogP contribution in [-0.2, 0) is 14.3 Å². The number of nitrogens with one attached hydrogen (secondary N) is 1. The molecule has 2 unspecified atom stereocenters. The van der Waals surface area contributed by atoms with E-state index in [1.54, 1.807) is 0 Å². The van der Waals surface area contributed by atoms with Crippen molar-refractivity contribution in [2.75, 3.05) is 13.7 Å². The second-order valence-corrected chi connectivity index (χ2v) is 5.71. The largest absolute Gasteiger partial charge is 0.476 e. The molecule has 0 bridgehead atoms. The number of aliphatic imine (C=N–C) groups is 1. The number of carbonyl (C=O) groups is 2. The Morgan fingerprint density at radius 2 is 2.00 bits per heavy atom. The van der Waals surface area contributed by atoms with Crippen molar-refractivity contribution in [1.82, 2.24) is 5.32 Å².